The van der Waals surface area contributed by atoms with Gasteiger partial charge in [0.2, 0.25) is 0 Å². The van der Waals surface area contributed by atoms with Crippen LogP contribution in [0.3, 0.4) is 0 Å². The number of hydrogen-bond donors (Lipinski definition) is 1. The number of aliphatic hydroxyl groups excluding tert-OH is 1. The van der Waals surface area contributed by atoms with Crippen molar-refractivity contribution in [1.82, 2.24) is 0 Å². The van der Waals surface area contributed by atoms with Gasteiger partial charge in [-0.15, -0.1) is 0 Å². The van der Waals surface area contributed by atoms with Crippen LogP contribution < -0.4 is 0 Å². The molecule has 0 saturated heterocycles. The summed E-state index contributed by atoms with van der Waals surface area (Å²) in [5.41, 5.74) is 0.156. The van der Waals surface area contributed by atoms with Gasteiger partial charge >= 0.3 is 0 Å². The van der Waals surface area contributed by atoms with E-state index in [1.165, 1.54) is 25.1 Å². The summed E-state index contributed by atoms with van der Waals surface area (Å²) in [5, 5.41) is 10.2. The standard InChI is InChI=1S/C12H16ClFO3S/c1-3-12(13,18(16,17)4-2)11(15)9-6-5-7-10(14)8-9/h5-8,11,15H,3-4H2,1-2H3/t11-,12+/m0/s1. The Hall–Kier alpha value is -0.650. The molecule has 1 aromatic carbocycles. The molecule has 0 spiro atoms. The van der Waals surface area contributed by atoms with Gasteiger partial charge in [0.1, 0.15) is 11.9 Å². The molecule has 2 atom stereocenters. The largest absolute Gasteiger partial charge is 0.385 e. The fourth-order valence-electron chi connectivity index (χ4n) is 1.75. The van der Waals surface area contributed by atoms with Crippen LogP contribution in [0, 0.1) is 5.82 Å². The van der Waals surface area contributed by atoms with Gasteiger partial charge in [-0.25, -0.2) is 12.8 Å². The highest BCUT2D eigenvalue weighted by molar-refractivity contribution is 7.94. The molecule has 0 bridgehead atoms. The highest BCUT2D eigenvalue weighted by Crippen LogP contribution is 2.40. The summed E-state index contributed by atoms with van der Waals surface area (Å²) < 4.78 is 35.2. The highest BCUT2D eigenvalue weighted by Gasteiger charge is 2.46. The quantitative estimate of drug-likeness (QED) is 0.850. The van der Waals surface area contributed by atoms with Crippen molar-refractivity contribution in [2.45, 2.75) is 30.6 Å². The van der Waals surface area contributed by atoms with Gasteiger partial charge in [0, 0.05) is 5.75 Å². The molecule has 0 aliphatic carbocycles. The van der Waals surface area contributed by atoms with Crippen molar-refractivity contribution in [2.75, 3.05) is 5.75 Å². The summed E-state index contributed by atoms with van der Waals surface area (Å²) in [6.45, 7) is 3.03. The summed E-state index contributed by atoms with van der Waals surface area (Å²) in [6, 6.07) is 5.15. The van der Waals surface area contributed by atoms with E-state index in [0.29, 0.717) is 0 Å². The lowest BCUT2D eigenvalue weighted by molar-refractivity contribution is 0.154. The second kappa shape index (κ2) is 5.55. The molecule has 1 aromatic rings. The first kappa shape index (κ1) is 15.4. The minimum atomic E-state index is -3.68. The van der Waals surface area contributed by atoms with E-state index in [1.54, 1.807) is 6.92 Å². The third-order valence-corrected chi connectivity index (χ3v) is 6.44. The van der Waals surface area contributed by atoms with Gasteiger partial charge in [0.05, 0.1) is 0 Å². The normalized spacial score (nSPS) is 17.2. The lowest BCUT2D eigenvalue weighted by atomic mass is 10.0. The Kier molecular flexibility index (Phi) is 4.75. The van der Waals surface area contributed by atoms with E-state index in [9.17, 15) is 17.9 Å². The van der Waals surface area contributed by atoms with Gasteiger partial charge in [-0.1, -0.05) is 37.6 Å². The van der Waals surface area contributed by atoms with Gasteiger partial charge in [-0.2, -0.15) is 0 Å². The monoisotopic (exact) mass is 294 g/mol. The molecule has 6 heteroatoms. The van der Waals surface area contributed by atoms with Crippen LogP contribution in [0.2, 0.25) is 0 Å². The van der Waals surface area contributed by atoms with Crippen LogP contribution in [0.5, 0.6) is 0 Å². The Morgan fingerprint density at radius 3 is 2.50 bits per heavy atom. The van der Waals surface area contributed by atoms with E-state index in [-0.39, 0.29) is 17.7 Å². The second-order valence-corrected chi connectivity index (χ2v) is 7.43. The van der Waals surface area contributed by atoms with E-state index in [2.05, 4.69) is 0 Å². The molecular formula is C12H16ClFO3S. The van der Waals surface area contributed by atoms with Gasteiger partial charge < -0.3 is 5.11 Å². The van der Waals surface area contributed by atoms with Crippen LogP contribution in [-0.4, -0.2) is 23.5 Å². The molecule has 0 heterocycles. The SMILES string of the molecule is CC[C@](Cl)([C@@H](O)c1cccc(F)c1)S(=O)(=O)CC. The maximum absolute atomic E-state index is 13.1. The fraction of sp³-hybridized carbons (Fsp3) is 0.500. The van der Waals surface area contributed by atoms with Crippen molar-refractivity contribution in [2.24, 2.45) is 0 Å². The summed E-state index contributed by atoms with van der Waals surface area (Å²) in [7, 11) is -3.68. The molecule has 0 aliphatic rings. The molecule has 0 fully saturated rings. The van der Waals surface area contributed by atoms with E-state index in [4.69, 9.17) is 11.6 Å². The molecule has 3 nitrogen and oxygen atoms in total. The average molecular weight is 295 g/mol. The molecule has 0 radical (unpaired) electrons. The van der Waals surface area contributed by atoms with Gasteiger partial charge in [-0.3, -0.25) is 0 Å². The fourth-order valence-corrected chi connectivity index (χ4v) is 3.60. The molecule has 1 N–H and O–H groups in total. The first-order valence-electron chi connectivity index (χ1n) is 5.63. The number of halogens is 2. The summed E-state index contributed by atoms with van der Waals surface area (Å²) in [4.78, 5) is 0. The minimum Gasteiger partial charge on any atom is -0.385 e. The molecule has 18 heavy (non-hydrogen) atoms. The van der Waals surface area contributed by atoms with Crippen molar-refractivity contribution < 1.29 is 17.9 Å². The number of alkyl halides is 1. The first-order valence-corrected chi connectivity index (χ1v) is 7.66. The van der Waals surface area contributed by atoms with Crippen molar-refractivity contribution >= 4 is 21.4 Å². The predicted octanol–water partition coefficient (Wildman–Crippen LogP) is 2.64. The van der Waals surface area contributed by atoms with Crippen LogP contribution in [0.25, 0.3) is 0 Å². The minimum absolute atomic E-state index is 0.0302. The lowest BCUT2D eigenvalue weighted by Gasteiger charge is -2.30. The zero-order chi connectivity index (χ0) is 14.0. The number of benzene rings is 1. The van der Waals surface area contributed by atoms with Crippen LogP contribution in [0.15, 0.2) is 24.3 Å². The van der Waals surface area contributed by atoms with Crippen LogP contribution in [0.1, 0.15) is 31.9 Å². The summed E-state index contributed by atoms with van der Waals surface area (Å²) in [6.07, 6.45) is -1.44. The van der Waals surface area contributed by atoms with Crippen molar-refractivity contribution in [1.29, 1.82) is 0 Å². The smallest absolute Gasteiger partial charge is 0.175 e. The topological polar surface area (TPSA) is 54.4 Å². The van der Waals surface area contributed by atoms with Crippen molar-refractivity contribution in [3.05, 3.63) is 35.6 Å². The number of aliphatic hydroxyl groups is 1. The zero-order valence-corrected chi connectivity index (χ0v) is 11.8. The van der Waals surface area contributed by atoms with E-state index >= 15 is 0 Å². The Morgan fingerprint density at radius 2 is 2.06 bits per heavy atom. The first-order chi connectivity index (χ1) is 8.28. The molecule has 0 aromatic heterocycles. The van der Waals surface area contributed by atoms with Gasteiger partial charge in [0.15, 0.2) is 14.0 Å². The maximum Gasteiger partial charge on any atom is 0.175 e. The van der Waals surface area contributed by atoms with E-state index < -0.39 is 26.0 Å². The number of sulfone groups is 1. The van der Waals surface area contributed by atoms with Crippen LogP contribution in [0.4, 0.5) is 4.39 Å². The molecule has 102 valence electrons. The third-order valence-electron chi connectivity index (χ3n) is 2.95. The molecular weight excluding hydrogens is 279 g/mol. The van der Waals surface area contributed by atoms with E-state index in [0.717, 1.165) is 6.07 Å². The molecule has 0 unspecified atom stereocenters. The zero-order valence-electron chi connectivity index (χ0n) is 10.2. The maximum atomic E-state index is 13.1. The van der Waals surface area contributed by atoms with Gasteiger partial charge in [0.25, 0.3) is 0 Å². The highest BCUT2D eigenvalue weighted by atomic mass is 35.5. The number of hydrogen-bond acceptors (Lipinski definition) is 3. The molecule has 0 amide bonds. The summed E-state index contributed by atoms with van der Waals surface area (Å²) >= 11 is 6.09. The lowest BCUT2D eigenvalue weighted by Crippen LogP contribution is -2.39. The molecule has 1 rings (SSSR count). The Bertz CT molecular complexity index is 518. The Morgan fingerprint density at radius 1 is 1.44 bits per heavy atom. The second-order valence-electron chi connectivity index (χ2n) is 4.00. The molecule has 0 aliphatic heterocycles. The predicted molar refractivity (Wildman–Crippen MR) is 69.7 cm³/mol. The van der Waals surface area contributed by atoms with E-state index in [1.807, 2.05) is 0 Å². The molecule has 0 saturated carbocycles. The Labute approximate surface area is 112 Å². The average Bonchev–Trinajstić information content (AvgIpc) is 2.36. The number of rotatable bonds is 5. The van der Waals surface area contributed by atoms with Crippen molar-refractivity contribution in [3.8, 4) is 0 Å². The Balaban J connectivity index is 3.26. The summed E-state index contributed by atoms with van der Waals surface area (Å²) in [5.74, 6) is -0.730. The van der Waals surface area contributed by atoms with Crippen LogP contribution in [-0.2, 0) is 9.84 Å². The van der Waals surface area contributed by atoms with Crippen molar-refractivity contribution in [3.63, 3.8) is 0 Å². The van der Waals surface area contributed by atoms with Crippen LogP contribution >= 0.6 is 11.6 Å². The van der Waals surface area contributed by atoms with Gasteiger partial charge in [-0.05, 0) is 24.1 Å². The third kappa shape index (κ3) is 2.68.